The van der Waals surface area contributed by atoms with Crippen LogP contribution in [0.2, 0.25) is 0 Å². The summed E-state index contributed by atoms with van der Waals surface area (Å²) in [6.45, 7) is 7.17. The Morgan fingerprint density at radius 2 is 1.52 bits per heavy atom. The Hall–Kier alpha value is -4.05. The molecule has 2 atom stereocenters. The number of methoxy groups -OCH3 is 2. The number of ether oxygens (including phenoxy) is 2. The maximum Gasteiger partial charge on any atom is 0.264 e. The van der Waals surface area contributed by atoms with Gasteiger partial charge in [-0.05, 0) is 56.5 Å². The summed E-state index contributed by atoms with van der Waals surface area (Å²) in [5.74, 6) is -0.0727. The van der Waals surface area contributed by atoms with Gasteiger partial charge in [0.1, 0.15) is 12.6 Å². The molecule has 3 aromatic carbocycles. The molecule has 0 radical (unpaired) electrons. The Morgan fingerprint density at radius 3 is 2.10 bits per heavy atom. The van der Waals surface area contributed by atoms with Gasteiger partial charge in [0.15, 0.2) is 11.5 Å². The molecular formula is C32H41N3O6S. The predicted octanol–water partition coefficient (Wildman–Crippen LogP) is 4.93. The van der Waals surface area contributed by atoms with Crippen molar-refractivity contribution >= 4 is 27.5 Å². The number of carbonyl (C=O) groups is 2. The Labute approximate surface area is 249 Å². The Kier molecular flexibility index (Phi) is 11.4. The summed E-state index contributed by atoms with van der Waals surface area (Å²) >= 11 is 0. The van der Waals surface area contributed by atoms with Crippen LogP contribution in [-0.2, 0) is 26.2 Å². The zero-order valence-electron chi connectivity index (χ0n) is 25.2. The van der Waals surface area contributed by atoms with Gasteiger partial charge in [-0.3, -0.25) is 13.9 Å². The van der Waals surface area contributed by atoms with Crippen LogP contribution in [0, 0.1) is 6.92 Å². The lowest BCUT2D eigenvalue weighted by atomic mass is 10.1. The molecule has 1 N–H and O–H groups in total. The Balaban J connectivity index is 2.10. The zero-order chi connectivity index (χ0) is 30.9. The van der Waals surface area contributed by atoms with Gasteiger partial charge in [0.2, 0.25) is 11.8 Å². The molecule has 0 aliphatic heterocycles. The molecule has 2 amide bonds. The van der Waals surface area contributed by atoms with E-state index in [1.807, 2.05) is 58.0 Å². The molecule has 9 nitrogen and oxygen atoms in total. The van der Waals surface area contributed by atoms with E-state index in [9.17, 15) is 18.0 Å². The molecule has 10 heteroatoms. The van der Waals surface area contributed by atoms with Gasteiger partial charge in [-0.25, -0.2) is 8.42 Å². The van der Waals surface area contributed by atoms with Crippen molar-refractivity contribution in [1.82, 2.24) is 10.2 Å². The lowest BCUT2D eigenvalue weighted by Gasteiger charge is -2.33. The second kappa shape index (κ2) is 14.7. The Bertz CT molecular complexity index is 1440. The van der Waals surface area contributed by atoms with Gasteiger partial charge < -0.3 is 19.7 Å². The third-order valence-electron chi connectivity index (χ3n) is 7.13. The molecule has 0 aliphatic rings. The first kappa shape index (κ1) is 32.5. The zero-order valence-corrected chi connectivity index (χ0v) is 26.0. The van der Waals surface area contributed by atoms with Gasteiger partial charge in [0.05, 0.1) is 24.8 Å². The number of sulfonamides is 1. The number of amides is 2. The SMILES string of the molecule is CC[C@@H](C)NC(=O)[C@H](CC)N(Cc1ccccc1)C(=O)CN(c1ccc(OC)c(OC)c1)S(=O)(=O)c1ccc(C)cc1. The lowest BCUT2D eigenvalue weighted by molar-refractivity contribution is -0.140. The van der Waals surface area contributed by atoms with Gasteiger partial charge in [0, 0.05) is 18.7 Å². The van der Waals surface area contributed by atoms with Crippen LogP contribution in [0.3, 0.4) is 0 Å². The van der Waals surface area contributed by atoms with Crippen molar-refractivity contribution in [2.24, 2.45) is 0 Å². The standard InChI is InChI=1S/C32H41N3O6S/c1-7-24(4)33-32(37)28(8-2)34(21-25-12-10-9-11-13-25)31(36)22-35(26-16-19-29(40-5)30(20-26)41-6)42(38,39)27-17-14-23(3)15-18-27/h9-20,24,28H,7-8,21-22H2,1-6H3,(H,33,37)/t24-,28+/m1/s1. The Morgan fingerprint density at radius 1 is 0.881 bits per heavy atom. The normalized spacial score (nSPS) is 12.6. The van der Waals surface area contributed by atoms with Crippen LogP contribution in [-0.4, -0.2) is 58.0 Å². The molecule has 0 spiro atoms. The van der Waals surface area contributed by atoms with Crippen molar-refractivity contribution in [1.29, 1.82) is 0 Å². The molecule has 0 heterocycles. The highest BCUT2D eigenvalue weighted by atomic mass is 32.2. The summed E-state index contributed by atoms with van der Waals surface area (Å²) in [6, 6.07) is 19.5. The summed E-state index contributed by atoms with van der Waals surface area (Å²) in [5.41, 5.74) is 1.94. The lowest BCUT2D eigenvalue weighted by Crippen LogP contribution is -2.53. The molecule has 0 saturated heterocycles. The summed E-state index contributed by atoms with van der Waals surface area (Å²) in [6.07, 6.45) is 1.08. The number of nitrogens with zero attached hydrogens (tertiary/aromatic N) is 2. The topological polar surface area (TPSA) is 105 Å². The summed E-state index contributed by atoms with van der Waals surface area (Å²) in [5, 5.41) is 2.98. The highest BCUT2D eigenvalue weighted by molar-refractivity contribution is 7.92. The number of carbonyl (C=O) groups excluding carboxylic acids is 2. The molecule has 0 fully saturated rings. The van der Waals surface area contributed by atoms with Crippen LogP contribution in [0.5, 0.6) is 11.5 Å². The van der Waals surface area contributed by atoms with Gasteiger partial charge in [-0.2, -0.15) is 0 Å². The average Bonchev–Trinajstić information content (AvgIpc) is 2.99. The summed E-state index contributed by atoms with van der Waals surface area (Å²) < 4.78 is 40.0. The van der Waals surface area contributed by atoms with Crippen LogP contribution < -0.4 is 19.1 Å². The number of anilines is 1. The van der Waals surface area contributed by atoms with E-state index in [-0.39, 0.29) is 29.1 Å². The van der Waals surface area contributed by atoms with Crippen LogP contribution in [0.25, 0.3) is 0 Å². The van der Waals surface area contributed by atoms with Gasteiger partial charge in [0.25, 0.3) is 10.0 Å². The molecule has 0 saturated carbocycles. The third-order valence-corrected chi connectivity index (χ3v) is 8.91. The summed E-state index contributed by atoms with van der Waals surface area (Å²) in [7, 11) is -1.27. The second-order valence-electron chi connectivity index (χ2n) is 10.1. The van der Waals surface area contributed by atoms with E-state index in [0.717, 1.165) is 21.9 Å². The quantitative estimate of drug-likeness (QED) is 0.283. The van der Waals surface area contributed by atoms with Gasteiger partial charge in [-0.1, -0.05) is 61.9 Å². The van der Waals surface area contributed by atoms with E-state index in [4.69, 9.17) is 9.47 Å². The van der Waals surface area contributed by atoms with Crippen LogP contribution >= 0.6 is 0 Å². The molecule has 226 valence electrons. The van der Waals surface area contributed by atoms with E-state index < -0.39 is 28.5 Å². The average molecular weight is 596 g/mol. The fourth-order valence-electron chi connectivity index (χ4n) is 4.49. The highest BCUT2D eigenvalue weighted by Crippen LogP contribution is 2.34. The van der Waals surface area contributed by atoms with E-state index in [1.165, 1.54) is 37.3 Å². The molecule has 0 unspecified atom stereocenters. The monoisotopic (exact) mass is 595 g/mol. The number of hydrogen-bond acceptors (Lipinski definition) is 6. The largest absolute Gasteiger partial charge is 0.493 e. The summed E-state index contributed by atoms with van der Waals surface area (Å²) in [4.78, 5) is 29.1. The van der Waals surface area contributed by atoms with Crippen LogP contribution in [0.4, 0.5) is 5.69 Å². The molecular weight excluding hydrogens is 554 g/mol. The fourth-order valence-corrected chi connectivity index (χ4v) is 5.89. The molecule has 0 aliphatic carbocycles. The van der Waals surface area contributed by atoms with E-state index in [1.54, 1.807) is 24.3 Å². The smallest absolute Gasteiger partial charge is 0.264 e. The van der Waals surface area contributed by atoms with Crippen molar-refractivity contribution in [3.05, 3.63) is 83.9 Å². The highest BCUT2D eigenvalue weighted by Gasteiger charge is 2.34. The number of benzene rings is 3. The maximum atomic E-state index is 14.2. The van der Waals surface area contributed by atoms with Gasteiger partial charge >= 0.3 is 0 Å². The minimum Gasteiger partial charge on any atom is -0.493 e. The molecule has 42 heavy (non-hydrogen) atoms. The predicted molar refractivity (Wildman–Crippen MR) is 164 cm³/mol. The van der Waals surface area contributed by atoms with Crippen molar-refractivity contribution in [2.75, 3.05) is 25.1 Å². The number of rotatable bonds is 14. The van der Waals surface area contributed by atoms with Crippen molar-refractivity contribution in [3.8, 4) is 11.5 Å². The van der Waals surface area contributed by atoms with Crippen LogP contribution in [0.1, 0.15) is 44.7 Å². The first-order chi connectivity index (χ1) is 20.0. The van der Waals surface area contributed by atoms with Crippen molar-refractivity contribution in [2.45, 2.75) is 64.1 Å². The molecule has 3 rings (SSSR count). The maximum absolute atomic E-state index is 14.2. The second-order valence-corrected chi connectivity index (χ2v) is 12.0. The first-order valence-electron chi connectivity index (χ1n) is 14.0. The first-order valence-corrected chi connectivity index (χ1v) is 15.4. The van der Waals surface area contributed by atoms with Gasteiger partial charge in [-0.15, -0.1) is 0 Å². The van der Waals surface area contributed by atoms with E-state index >= 15 is 0 Å². The molecule has 3 aromatic rings. The number of nitrogens with one attached hydrogen (secondary N) is 1. The van der Waals surface area contributed by atoms with Crippen LogP contribution in [0.15, 0.2) is 77.7 Å². The molecule has 0 bridgehead atoms. The third kappa shape index (κ3) is 7.82. The van der Waals surface area contributed by atoms with E-state index in [2.05, 4.69) is 5.32 Å². The fraction of sp³-hybridized carbons (Fsp3) is 0.375. The van der Waals surface area contributed by atoms with Crippen molar-refractivity contribution in [3.63, 3.8) is 0 Å². The minimum atomic E-state index is -4.20. The minimum absolute atomic E-state index is 0.0341. The van der Waals surface area contributed by atoms with E-state index in [0.29, 0.717) is 17.9 Å². The van der Waals surface area contributed by atoms with Crippen molar-refractivity contribution < 1.29 is 27.5 Å². The molecule has 0 aromatic heterocycles. The number of hydrogen-bond donors (Lipinski definition) is 1. The number of aryl methyl sites for hydroxylation is 1.